The van der Waals surface area contributed by atoms with E-state index in [0.717, 1.165) is 30.2 Å². The van der Waals surface area contributed by atoms with Crippen LogP contribution in [0, 0.1) is 0 Å². The zero-order chi connectivity index (χ0) is 23.8. The van der Waals surface area contributed by atoms with Gasteiger partial charge in [-0.05, 0) is 59.1 Å². The zero-order valence-corrected chi connectivity index (χ0v) is 21.4. The van der Waals surface area contributed by atoms with Crippen LogP contribution in [0.4, 0.5) is 36.1 Å². The van der Waals surface area contributed by atoms with Gasteiger partial charge in [0.1, 0.15) is 5.69 Å². The molecule has 7 nitrogen and oxygen atoms in total. The molecule has 2 aromatic rings. The molecular weight excluding hydrogens is 570 g/mol. The smallest absolute Gasteiger partial charge is 0.371 e. The van der Waals surface area contributed by atoms with Gasteiger partial charge < -0.3 is 4.90 Å². The number of aromatic nitrogens is 1. The Morgan fingerprint density at radius 3 is 2.21 bits per heavy atom. The third-order valence-electron chi connectivity index (χ3n) is 4.43. The number of benzene rings is 1. The van der Waals surface area contributed by atoms with E-state index in [0.29, 0.717) is 18.8 Å². The van der Waals surface area contributed by atoms with Crippen molar-refractivity contribution in [3.63, 3.8) is 0 Å². The van der Waals surface area contributed by atoms with Crippen LogP contribution < -0.4 is 9.62 Å². The van der Waals surface area contributed by atoms with Crippen molar-refractivity contribution in [3.8, 4) is 0 Å². The summed E-state index contributed by atoms with van der Waals surface area (Å²) in [7, 11) is -5.63. The number of hydrogen-bond acceptors (Lipinski definition) is 6. The number of halogens is 4. The Bertz CT molecular complexity index is 1010. The third-order valence-corrected chi connectivity index (χ3v) is 6.00. The summed E-state index contributed by atoms with van der Waals surface area (Å²) in [6, 6.07) is 7.73. The molecular formula is C20H25BrF3N5NiO2S+2. The maximum atomic E-state index is 13.0. The first-order valence-electron chi connectivity index (χ1n) is 10.1. The van der Waals surface area contributed by atoms with Crippen LogP contribution in [0.1, 0.15) is 39.5 Å². The van der Waals surface area contributed by atoms with Crippen molar-refractivity contribution in [3.05, 3.63) is 41.0 Å². The molecule has 0 atom stereocenters. The van der Waals surface area contributed by atoms with Crippen molar-refractivity contribution in [2.24, 2.45) is 10.2 Å². The van der Waals surface area contributed by atoms with Crippen molar-refractivity contribution >= 4 is 48.8 Å². The molecule has 1 aromatic carbocycles. The Kier molecular flexibility index (Phi) is 11.8. The van der Waals surface area contributed by atoms with Gasteiger partial charge in [-0.1, -0.05) is 26.7 Å². The molecule has 1 heterocycles. The van der Waals surface area contributed by atoms with Crippen molar-refractivity contribution in [2.45, 2.75) is 45.0 Å². The summed E-state index contributed by atoms with van der Waals surface area (Å²) in [6.07, 6.45) is 5.17. The first-order valence-corrected chi connectivity index (χ1v) is 12.4. The number of pyridine rings is 1. The van der Waals surface area contributed by atoms with E-state index in [1.807, 2.05) is 18.7 Å². The molecule has 0 bridgehead atoms. The van der Waals surface area contributed by atoms with Gasteiger partial charge in [0, 0.05) is 29.4 Å². The number of anilines is 2. The SMILES string of the molecule is CCCCN(CCCC)c1ccc(N=Nc2ccc(Br)cn2)c(NS(=O)(=O)C(F)(F)F)c1.[Ni+2]. The molecule has 0 amide bonds. The molecule has 0 spiro atoms. The Balaban J connectivity index is 0.00000544. The molecule has 0 unspecified atom stereocenters. The van der Waals surface area contributed by atoms with Crippen molar-refractivity contribution in [1.82, 2.24) is 4.98 Å². The molecule has 0 aliphatic carbocycles. The molecule has 1 aromatic heterocycles. The van der Waals surface area contributed by atoms with Crippen molar-refractivity contribution in [2.75, 3.05) is 22.7 Å². The summed E-state index contributed by atoms with van der Waals surface area (Å²) in [4.78, 5) is 6.04. The molecule has 33 heavy (non-hydrogen) atoms. The van der Waals surface area contributed by atoms with E-state index in [9.17, 15) is 21.6 Å². The van der Waals surface area contributed by atoms with Crippen LogP contribution in [0.3, 0.4) is 0 Å². The summed E-state index contributed by atoms with van der Waals surface area (Å²) in [5.74, 6) is 0.217. The summed E-state index contributed by atoms with van der Waals surface area (Å²) < 4.78 is 64.9. The number of rotatable bonds is 11. The van der Waals surface area contributed by atoms with Gasteiger partial charge in [0.15, 0.2) is 5.82 Å². The van der Waals surface area contributed by atoms with Crippen LogP contribution in [0.2, 0.25) is 0 Å². The van der Waals surface area contributed by atoms with Crippen molar-refractivity contribution < 1.29 is 38.1 Å². The summed E-state index contributed by atoms with van der Waals surface area (Å²) in [5.41, 5.74) is -5.22. The number of nitrogens with one attached hydrogen (secondary N) is 1. The van der Waals surface area contributed by atoms with Crippen LogP contribution in [-0.4, -0.2) is 32.0 Å². The van der Waals surface area contributed by atoms with Gasteiger partial charge in [0.05, 0.1) is 5.69 Å². The number of hydrogen-bond donors (Lipinski definition) is 1. The standard InChI is InChI=1S/C20H25BrF3N5O2S.Ni/c1-3-5-11-29(12-6-4-2)16-8-9-17(26-27-19-10-7-15(21)14-25-19)18(13-16)28-32(30,31)20(22,23)24;/h7-10,13-14,28H,3-6,11-12H2,1-2H3;/q;+2. The van der Waals surface area contributed by atoms with Crippen LogP contribution >= 0.6 is 15.9 Å². The van der Waals surface area contributed by atoms with Crippen LogP contribution in [-0.2, 0) is 26.5 Å². The molecule has 1 N–H and O–H groups in total. The van der Waals surface area contributed by atoms with Gasteiger partial charge in [0.25, 0.3) is 0 Å². The van der Waals surface area contributed by atoms with E-state index in [-0.39, 0.29) is 33.7 Å². The average molecular weight is 595 g/mol. The second-order valence-electron chi connectivity index (χ2n) is 6.98. The Hall–Kier alpha value is -1.72. The summed E-state index contributed by atoms with van der Waals surface area (Å²) in [5, 5.41) is 7.84. The fraction of sp³-hybridized carbons (Fsp3) is 0.450. The summed E-state index contributed by atoms with van der Waals surface area (Å²) in [6.45, 7) is 5.48. The monoisotopic (exact) mass is 593 g/mol. The molecule has 0 saturated carbocycles. The van der Waals surface area contributed by atoms with E-state index >= 15 is 0 Å². The Morgan fingerprint density at radius 1 is 1.06 bits per heavy atom. The molecule has 0 aliphatic rings. The largest absolute Gasteiger partial charge is 2.00 e. The molecule has 0 radical (unpaired) electrons. The minimum atomic E-state index is -5.63. The minimum absolute atomic E-state index is 0. The van der Waals surface area contributed by atoms with Crippen LogP contribution in [0.15, 0.2) is 51.2 Å². The van der Waals surface area contributed by atoms with Crippen LogP contribution in [0.25, 0.3) is 0 Å². The van der Waals surface area contributed by atoms with E-state index in [4.69, 9.17) is 0 Å². The maximum absolute atomic E-state index is 13.0. The van der Waals surface area contributed by atoms with Gasteiger partial charge >= 0.3 is 32.0 Å². The van der Waals surface area contributed by atoms with E-state index in [2.05, 4.69) is 31.1 Å². The number of alkyl halides is 3. The number of nitrogens with zero attached hydrogens (tertiary/aromatic N) is 4. The predicted molar refractivity (Wildman–Crippen MR) is 123 cm³/mol. The van der Waals surface area contributed by atoms with E-state index in [1.165, 1.54) is 18.3 Å². The quantitative estimate of drug-likeness (QED) is 0.226. The first-order chi connectivity index (χ1) is 15.1. The number of unbranched alkanes of at least 4 members (excludes halogenated alkanes) is 2. The van der Waals surface area contributed by atoms with Crippen LogP contribution in [0.5, 0.6) is 0 Å². The fourth-order valence-corrected chi connectivity index (χ4v) is 3.50. The van der Waals surface area contributed by atoms with Gasteiger partial charge in [-0.2, -0.15) is 21.6 Å². The Labute approximate surface area is 210 Å². The second kappa shape index (κ2) is 13.2. The number of sulfonamides is 1. The first kappa shape index (κ1) is 29.3. The Morgan fingerprint density at radius 2 is 1.70 bits per heavy atom. The fourth-order valence-electron chi connectivity index (χ4n) is 2.69. The predicted octanol–water partition coefficient (Wildman–Crippen LogP) is 6.93. The minimum Gasteiger partial charge on any atom is -0.371 e. The van der Waals surface area contributed by atoms with Gasteiger partial charge in [-0.15, -0.1) is 10.2 Å². The molecule has 0 fully saturated rings. The van der Waals surface area contributed by atoms with Gasteiger partial charge in [-0.25, -0.2) is 4.98 Å². The van der Waals surface area contributed by atoms with Gasteiger partial charge in [-0.3, -0.25) is 4.72 Å². The molecule has 184 valence electrons. The van der Waals surface area contributed by atoms with E-state index < -0.39 is 15.5 Å². The summed E-state index contributed by atoms with van der Waals surface area (Å²) >= 11 is 3.24. The molecule has 0 saturated heterocycles. The maximum Gasteiger partial charge on any atom is 2.00 e. The normalized spacial score (nSPS) is 11.9. The molecule has 0 aliphatic heterocycles. The van der Waals surface area contributed by atoms with E-state index in [1.54, 1.807) is 22.9 Å². The third kappa shape index (κ3) is 8.86. The zero-order valence-electron chi connectivity index (χ0n) is 18.0. The van der Waals surface area contributed by atoms with Crippen molar-refractivity contribution in [1.29, 1.82) is 0 Å². The molecule has 13 heteroatoms. The second-order valence-corrected chi connectivity index (χ2v) is 9.57. The topological polar surface area (TPSA) is 87.0 Å². The average Bonchev–Trinajstić information content (AvgIpc) is 2.73. The number of azo groups is 1. The molecule has 2 rings (SSSR count). The van der Waals surface area contributed by atoms with Gasteiger partial charge in [0.2, 0.25) is 0 Å².